The Morgan fingerprint density at radius 3 is 2.07 bits per heavy atom. The predicted molar refractivity (Wildman–Crippen MR) is 160 cm³/mol. The summed E-state index contributed by atoms with van der Waals surface area (Å²) in [5.74, 6) is -4.22. The quantitative estimate of drug-likeness (QED) is 0.233. The number of carbonyl (C=O) groups is 2. The highest BCUT2D eigenvalue weighted by Crippen LogP contribution is 2.23. The molecule has 0 aromatic heterocycles. The third-order valence-corrected chi connectivity index (χ3v) is 9.87. The number of Topliss-reactive ketones (excluding diaryl/α,β-unsaturated/α-hetero) is 1. The molecule has 0 aliphatic rings. The van der Waals surface area contributed by atoms with Gasteiger partial charge in [0.2, 0.25) is 0 Å². The highest BCUT2D eigenvalue weighted by molar-refractivity contribution is 7.92. The molecule has 234 valence electrons. The van der Waals surface area contributed by atoms with Crippen LogP contribution >= 0.6 is 0 Å². The van der Waals surface area contributed by atoms with Crippen molar-refractivity contribution in [3.05, 3.63) is 70.8 Å². The molecule has 0 aliphatic carbocycles. The van der Waals surface area contributed by atoms with Crippen molar-refractivity contribution in [2.75, 3.05) is 12.3 Å². The Hall–Kier alpha value is -2.73. The number of benzene rings is 2. The van der Waals surface area contributed by atoms with Crippen LogP contribution in [0.1, 0.15) is 70.1 Å². The Bertz CT molecular complexity index is 1300. The summed E-state index contributed by atoms with van der Waals surface area (Å²) in [7, 11) is -3.96. The predicted octanol–water partition coefficient (Wildman–Crippen LogP) is 3.46. The second kappa shape index (κ2) is 15.7. The maximum atomic E-state index is 14.1. The van der Waals surface area contributed by atoms with E-state index in [-0.39, 0.29) is 18.5 Å². The first-order chi connectivity index (χ1) is 19.7. The molecule has 0 radical (unpaired) electrons. The van der Waals surface area contributed by atoms with Gasteiger partial charge in [-0.15, -0.1) is 0 Å². The fourth-order valence-electron chi connectivity index (χ4n) is 5.06. The Morgan fingerprint density at radius 2 is 1.55 bits per heavy atom. The minimum Gasteiger partial charge on any atom is -0.390 e. The number of nitrogens with zero attached hydrogens (tertiary/aromatic N) is 1. The molecule has 0 fully saturated rings. The number of ketones is 1. The SMILES string of the molecule is CCCC(CCC)S(=O)(=O)C[C@](N)(C(C)=O)C(=O)N(Cc1cccc(CC)c1)C[C@@H](O)[C@@H](N)Cc1cc(F)cc(F)c1. The molecule has 5 N–H and O–H groups in total. The smallest absolute Gasteiger partial charge is 0.251 e. The molecule has 0 unspecified atom stereocenters. The first-order valence-electron chi connectivity index (χ1n) is 14.4. The molecule has 2 aromatic rings. The van der Waals surface area contributed by atoms with Crippen molar-refractivity contribution in [3.63, 3.8) is 0 Å². The Labute approximate surface area is 248 Å². The van der Waals surface area contributed by atoms with Gasteiger partial charge in [-0.2, -0.15) is 0 Å². The minimum atomic E-state index is -3.96. The second-order valence-electron chi connectivity index (χ2n) is 11.1. The van der Waals surface area contributed by atoms with Crippen molar-refractivity contribution >= 4 is 21.5 Å². The number of nitrogens with two attached hydrogens (primary N) is 2. The van der Waals surface area contributed by atoms with E-state index in [9.17, 15) is 31.9 Å². The van der Waals surface area contributed by atoms with Crippen molar-refractivity contribution in [2.24, 2.45) is 11.5 Å². The number of aliphatic hydroxyl groups is 1. The van der Waals surface area contributed by atoms with Gasteiger partial charge in [-0.1, -0.05) is 57.9 Å². The monoisotopic (exact) mass is 609 g/mol. The number of rotatable bonds is 17. The molecule has 0 saturated carbocycles. The van der Waals surface area contributed by atoms with Gasteiger partial charge in [-0.05, 0) is 61.4 Å². The van der Waals surface area contributed by atoms with E-state index in [4.69, 9.17) is 11.5 Å². The maximum absolute atomic E-state index is 14.1. The molecule has 0 heterocycles. The van der Waals surface area contributed by atoms with Gasteiger partial charge in [-0.25, -0.2) is 17.2 Å². The molecule has 1 amide bonds. The molecule has 3 atom stereocenters. The van der Waals surface area contributed by atoms with Gasteiger partial charge in [0.15, 0.2) is 21.2 Å². The number of halogens is 2. The lowest BCUT2D eigenvalue weighted by molar-refractivity contribution is -0.143. The van der Waals surface area contributed by atoms with Crippen LogP contribution in [0.5, 0.6) is 0 Å². The third kappa shape index (κ3) is 9.65. The van der Waals surface area contributed by atoms with Gasteiger partial charge in [0.1, 0.15) is 11.6 Å². The van der Waals surface area contributed by atoms with Crippen LogP contribution in [0.4, 0.5) is 8.78 Å². The average molecular weight is 610 g/mol. The molecule has 8 nitrogen and oxygen atoms in total. The zero-order chi connectivity index (χ0) is 31.7. The lowest BCUT2D eigenvalue weighted by Crippen LogP contribution is -2.65. The van der Waals surface area contributed by atoms with Gasteiger partial charge >= 0.3 is 0 Å². The summed E-state index contributed by atoms with van der Waals surface area (Å²) in [6, 6.07) is 9.23. The van der Waals surface area contributed by atoms with Crippen LogP contribution in [0.2, 0.25) is 0 Å². The van der Waals surface area contributed by atoms with Gasteiger partial charge in [-0.3, -0.25) is 9.59 Å². The van der Waals surface area contributed by atoms with Crippen molar-refractivity contribution in [2.45, 2.75) is 95.7 Å². The fraction of sp³-hybridized carbons (Fsp3) is 0.548. The summed E-state index contributed by atoms with van der Waals surface area (Å²) in [4.78, 5) is 28.1. The molecule has 0 saturated heterocycles. The summed E-state index contributed by atoms with van der Waals surface area (Å²) in [5, 5.41) is 10.3. The molecule has 0 spiro atoms. The van der Waals surface area contributed by atoms with Crippen molar-refractivity contribution in [3.8, 4) is 0 Å². The lowest BCUT2D eigenvalue weighted by atomic mass is 9.95. The third-order valence-electron chi connectivity index (χ3n) is 7.52. The molecule has 0 aliphatic heterocycles. The zero-order valence-corrected chi connectivity index (χ0v) is 25.8. The highest BCUT2D eigenvalue weighted by Gasteiger charge is 2.47. The Morgan fingerprint density at radius 1 is 0.976 bits per heavy atom. The van der Waals surface area contributed by atoms with E-state index < -0.39 is 68.4 Å². The summed E-state index contributed by atoms with van der Waals surface area (Å²) in [6.07, 6.45) is 1.19. The van der Waals surface area contributed by atoms with Crippen LogP contribution in [-0.4, -0.2) is 65.3 Å². The van der Waals surface area contributed by atoms with Crippen LogP contribution in [0.25, 0.3) is 0 Å². The normalized spacial score (nSPS) is 14.8. The van der Waals surface area contributed by atoms with E-state index in [1.54, 1.807) is 6.07 Å². The van der Waals surface area contributed by atoms with Gasteiger partial charge in [0, 0.05) is 25.2 Å². The summed E-state index contributed by atoms with van der Waals surface area (Å²) < 4.78 is 54.3. The fourth-order valence-corrected chi connectivity index (χ4v) is 7.45. The van der Waals surface area contributed by atoms with Crippen molar-refractivity contribution < 1.29 is 31.9 Å². The number of aliphatic hydroxyl groups excluding tert-OH is 1. The average Bonchev–Trinajstić information content (AvgIpc) is 2.91. The van der Waals surface area contributed by atoms with Gasteiger partial charge in [0.05, 0.1) is 17.1 Å². The molecular weight excluding hydrogens is 564 g/mol. The first-order valence-corrected chi connectivity index (χ1v) is 16.2. The molecular formula is C31H45F2N3O5S. The van der Waals surface area contributed by atoms with Gasteiger partial charge < -0.3 is 21.5 Å². The van der Waals surface area contributed by atoms with E-state index in [0.717, 1.165) is 42.0 Å². The van der Waals surface area contributed by atoms with Crippen LogP contribution in [0.3, 0.4) is 0 Å². The number of hydrogen-bond donors (Lipinski definition) is 3. The number of amides is 1. The summed E-state index contributed by atoms with van der Waals surface area (Å²) in [6.45, 7) is 6.30. The minimum absolute atomic E-state index is 0.0787. The molecule has 2 rings (SSSR count). The van der Waals surface area contributed by atoms with E-state index in [1.807, 2.05) is 39.0 Å². The first kappa shape index (κ1) is 35.5. The van der Waals surface area contributed by atoms with E-state index >= 15 is 0 Å². The Balaban J connectivity index is 2.45. The number of hydrogen-bond acceptors (Lipinski definition) is 7. The maximum Gasteiger partial charge on any atom is 0.251 e. The molecule has 42 heavy (non-hydrogen) atoms. The molecule has 0 bridgehead atoms. The van der Waals surface area contributed by atoms with E-state index in [2.05, 4.69) is 0 Å². The van der Waals surface area contributed by atoms with Crippen LogP contribution in [-0.2, 0) is 38.8 Å². The van der Waals surface area contributed by atoms with Crippen molar-refractivity contribution in [1.82, 2.24) is 4.90 Å². The largest absolute Gasteiger partial charge is 0.390 e. The standard InChI is InChI=1S/C31H45F2N3O5S/c1-5-9-27(10-6-2)42(40,41)20-31(35,21(4)37)30(39)36(18-23-12-8-11-22(7-3)13-23)19-29(38)28(34)16-24-14-25(32)17-26(33)15-24/h8,11-15,17,27-29,38H,5-7,9-10,16,18-20,34-35H2,1-4H3/t28-,29+,31-/m0/s1. The number of sulfone groups is 1. The van der Waals surface area contributed by atoms with Crippen LogP contribution in [0.15, 0.2) is 42.5 Å². The van der Waals surface area contributed by atoms with Crippen LogP contribution < -0.4 is 11.5 Å². The van der Waals surface area contributed by atoms with E-state index in [0.29, 0.717) is 31.2 Å². The lowest BCUT2D eigenvalue weighted by Gasteiger charge is -2.35. The summed E-state index contributed by atoms with van der Waals surface area (Å²) >= 11 is 0. The van der Waals surface area contributed by atoms with E-state index in [1.165, 1.54) is 0 Å². The summed E-state index contributed by atoms with van der Waals surface area (Å²) in [5.41, 5.74) is 12.1. The zero-order valence-electron chi connectivity index (χ0n) is 25.0. The highest BCUT2D eigenvalue weighted by atomic mass is 32.2. The topological polar surface area (TPSA) is 144 Å². The number of aryl methyl sites for hydroxylation is 1. The van der Waals surface area contributed by atoms with Crippen LogP contribution in [0, 0.1) is 11.6 Å². The second-order valence-corrected chi connectivity index (χ2v) is 13.4. The van der Waals surface area contributed by atoms with Crippen molar-refractivity contribution in [1.29, 1.82) is 0 Å². The molecule has 2 aromatic carbocycles. The van der Waals surface area contributed by atoms with Gasteiger partial charge in [0.25, 0.3) is 5.91 Å². The molecule has 11 heteroatoms. The Kier molecular flexibility index (Phi) is 13.2. The number of carbonyl (C=O) groups excluding carboxylic acids is 2.